The van der Waals surface area contributed by atoms with Gasteiger partial charge in [-0.3, -0.25) is 4.79 Å². The van der Waals surface area contributed by atoms with Crippen LogP contribution in [-0.2, 0) is 0 Å². The second-order valence-electron chi connectivity index (χ2n) is 6.43. The van der Waals surface area contributed by atoms with E-state index < -0.39 is 5.97 Å². The zero-order chi connectivity index (χ0) is 22.1. The number of hydrogen-bond donors (Lipinski definition) is 2. The van der Waals surface area contributed by atoms with E-state index in [1.165, 1.54) is 18.2 Å². The van der Waals surface area contributed by atoms with Gasteiger partial charge in [0, 0.05) is 5.56 Å². The summed E-state index contributed by atoms with van der Waals surface area (Å²) in [7, 11) is 0. The summed E-state index contributed by atoms with van der Waals surface area (Å²) < 4.78 is 5.08. The number of hydrogen-bond acceptors (Lipinski definition) is 5. The molecule has 0 amide bonds. The van der Waals surface area contributed by atoms with Gasteiger partial charge in [-0.25, -0.2) is 4.79 Å². The highest BCUT2D eigenvalue weighted by Gasteiger charge is 2.12. The third-order valence-corrected chi connectivity index (χ3v) is 4.26. The molecule has 0 bridgehead atoms. The van der Waals surface area contributed by atoms with Gasteiger partial charge >= 0.3 is 5.97 Å². The van der Waals surface area contributed by atoms with Crippen molar-refractivity contribution in [2.24, 2.45) is 0 Å². The Bertz CT molecular complexity index is 1150. The minimum atomic E-state index is -0.565. The van der Waals surface area contributed by atoms with E-state index in [1.54, 1.807) is 78.9 Å². The van der Waals surface area contributed by atoms with Crippen LogP contribution in [0.25, 0.3) is 0 Å². The molecule has 0 saturated carbocycles. The maximum absolute atomic E-state index is 11.9. The fourth-order valence-electron chi connectivity index (χ4n) is 2.71. The Hall–Kier alpha value is -4.38. The molecule has 154 valence electrons. The summed E-state index contributed by atoms with van der Waals surface area (Å²) in [5, 5.41) is 19.0. The Morgan fingerprint density at radius 3 is 1.55 bits per heavy atom. The number of ether oxygens (including phenoxy) is 1. The molecule has 0 spiro atoms. The third-order valence-electron chi connectivity index (χ3n) is 4.26. The van der Waals surface area contributed by atoms with Gasteiger partial charge in [0.1, 0.15) is 22.8 Å². The normalized spacial score (nSPS) is 9.81. The topological polar surface area (TPSA) is 83.8 Å². The number of ketones is 1. The maximum atomic E-state index is 11.9. The zero-order valence-corrected chi connectivity index (χ0v) is 16.5. The van der Waals surface area contributed by atoms with Gasteiger partial charge in [0.05, 0.1) is 5.56 Å². The number of para-hydroxylation sites is 3. The average molecular weight is 412 g/mol. The Labute approximate surface area is 179 Å². The molecule has 0 saturated heterocycles. The summed E-state index contributed by atoms with van der Waals surface area (Å²) in [5.41, 5.74) is 1.08. The summed E-state index contributed by atoms with van der Waals surface area (Å²) in [6.07, 6.45) is 0. The van der Waals surface area contributed by atoms with Gasteiger partial charge in [-0.2, -0.15) is 0 Å². The molecule has 0 aliphatic rings. The fourth-order valence-corrected chi connectivity index (χ4v) is 2.71. The Balaban J connectivity index is 0.000000176. The largest absolute Gasteiger partial charge is 0.507 e. The van der Waals surface area contributed by atoms with Crippen molar-refractivity contribution >= 4 is 11.8 Å². The summed E-state index contributed by atoms with van der Waals surface area (Å²) in [4.78, 5) is 23.6. The van der Waals surface area contributed by atoms with Crippen LogP contribution in [0.4, 0.5) is 0 Å². The van der Waals surface area contributed by atoms with E-state index in [0.717, 1.165) is 0 Å². The second kappa shape index (κ2) is 10.4. The molecule has 0 aliphatic heterocycles. The SMILES string of the molecule is O=C(Oc1ccccc1)c1ccccc1O.O=C(c1ccccc1)c1ccccc1O. The fraction of sp³-hybridized carbons (Fsp3) is 0. The summed E-state index contributed by atoms with van der Waals surface area (Å²) >= 11 is 0. The molecule has 0 radical (unpaired) electrons. The number of carbonyl (C=O) groups excluding carboxylic acids is 2. The van der Waals surface area contributed by atoms with Crippen molar-refractivity contribution in [2.45, 2.75) is 0 Å². The first-order valence-electron chi connectivity index (χ1n) is 9.49. The van der Waals surface area contributed by atoms with Crippen molar-refractivity contribution in [3.8, 4) is 17.2 Å². The predicted molar refractivity (Wildman–Crippen MR) is 117 cm³/mol. The van der Waals surface area contributed by atoms with E-state index in [4.69, 9.17) is 4.74 Å². The minimum absolute atomic E-state index is 0.0198. The van der Waals surface area contributed by atoms with Crippen LogP contribution in [0.2, 0.25) is 0 Å². The number of aromatic hydroxyl groups is 2. The summed E-state index contributed by atoms with van der Waals surface area (Å²) in [5.74, 6) is -0.330. The van der Waals surface area contributed by atoms with Crippen LogP contribution in [0.5, 0.6) is 17.2 Å². The first-order valence-corrected chi connectivity index (χ1v) is 9.49. The van der Waals surface area contributed by atoms with E-state index in [-0.39, 0.29) is 22.8 Å². The number of carbonyl (C=O) groups is 2. The number of phenolic OH excluding ortho intramolecular Hbond substituents is 2. The Morgan fingerprint density at radius 2 is 1.00 bits per heavy atom. The van der Waals surface area contributed by atoms with Crippen LogP contribution in [0.1, 0.15) is 26.3 Å². The van der Waals surface area contributed by atoms with Crippen LogP contribution in [0, 0.1) is 0 Å². The first kappa shape index (κ1) is 21.3. The molecule has 31 heavy (non-hydrogen) atoms. The van der Waals surface area contributed by atoms with E-state index in [9.17, 15) is 19.8 Å². The van der Waals surface area contributed by atoms with Crippen LogP contribution >= 0.6 is 0 Å². The third kappa shape index (κ3) is 5.81. The highest BCUT2D eigenvalue weighted by atomic mass is 16.5. The zero-order valence-electron chi connectivity index (χ0n) is 16.5. The summed E-state index contributed by atoms with van der Waals surface area (Å²) in [6.45, 7) is 0. The lowest BCUT2D eigenvalue weighted by Crippen LogP contribution is -2.08. The predicted octanol–water partition coefficient (Wildman–Crippen LogP) is 5.23. The van der Waals surface area contributed by atoms with Gasteiger partial charge in [-0.15, -0.1) is 0 Å². The number of esters is 1. The van der Waals surface area contributed by atoms with Gasteiger partial charge in [0.2, 0.25) is 0 Å². The molecule has 0 aliphatic carbocycles. The molecule has 2 N–H and O–H groups in total. The molecule has 4 aromatic rings. The quantitative estimate of drug-likeness (QED) is 0.272. The second-order valence-corrected chi connectivity index (χ2v) is 6.43. The first-order chi connectivity index (χ1) is 15.1. The molecule has 0 atom stereocenters. The average Bonchev–Trinajstić information content (AvgIpc) is 2.81. The van der Waals surface area contributed by atoms with Gasteiger partial charge < -0.3 is 14.9 Å². The van der Waals surface area contributed by atoms with E-state index in [1.807, 2.05) is 12.1 Å². The van der Waals surface area contributed by atoms with Crippen molar-refractivity contribution < 1.29 is 24.5 Å². The van der Waals surface area contributed by atoms with Crippen LogP contribution < -0.4 is 4.74 Å². The molecule has 4 aromatic carbocycles. The summed E-state index contributed by atoms with van der Waals surface area (Å²) in [6, 6.07) is 30.5. The van der Waals surface area contributed by atoms with E-state index >= 15 is 0 Å². The Kier molecular flexibility index (Phi) is 7.16. The minimum Gasteiger partial charge on any atom is -0.507 e. The number of benzene rings is 4. The smallest absolute Gasteiger partial charge is 0.347 e. The molecule has 0 fully saturated rings. The lowest BCUT2D eigenvalue weighted by atomic mass is 10.0. The van der Waals surface area contributed by atoms with Gasteiger partial charge in [0.25, 0.3) is 0 Å². The van der Waals surface area contributed by atoms with E-state index in [0.29, 0.717) is 16.9 Å². The van der Waals surface area contributed by atoms with Crippen molar-refractivity contribution in [1.29, 1.82) is 0 Å². The molecule has 0 heterocycles. The lowest BCUT2D eigenvalue weighted by Gasteiger charge is -2.04. The van der Waals surface area contributed by atoms with Crippen LogP contribution in [0.3, 0.4) is 0 Å². The molecule has 5 heteroatoms. The number of rotatable bonds is 4. The van der Waals surface area contributed by atoms with Gasteiger partial charge in [0.15, 0.2) is 5.78 Å². The van der Waals surface area contributed by atoms with Crippen molar-refractivity contribution in [3.63, 3.8) is 0 Å². The number of phenols is 2. The van der Waals surface area contributed by atoms with Gasteiger partial charge in [-0.1, -0.05) is 72.8 Å². The molecule has 0 unspecified atom stereocenters. The lowest BCUT2D eigenvalue weighted by molar-refractivity contribution is 0.0731. The van der Waals surface area contributed by atoms with Gasteiger partial charge in [-0.05, 0) is 36.4 Å². The standard InChI is InChI=1S/C13H10O3.C13H10O2/c14-12-9-5-4-8-11(12)13(15)16-10-6-2-1-3-7-10;14-12-9-5-4-8-11(12)13(15)10-6-2-1-3-7-10/h1-9,14H;1-9,14H. The molecular weight excluding hydrogens is 392 g/mol. The van der Waals surface area contributed by atoms with Crippen molar-refractivity contribution in [1.82, 2.24) is 0 Å². The highest BCUT2D eigenvalue weighted by molar-refractivity contribution is 6.10. The van der Waals surface area contributed by atoms with E-state index in [2.05, 4.69) is 0 Å². The van der Waals surface area contributed by atoms with Crippen LogP contribution in [0.15, 0.2) is 109 Å². The molecule has 0 aromatic heterocycles. The van der Waals surface area contributed by atoms with Crippen LogP contribution in [-0.4, -0.2) is 22.0 Å². The maximum Gasteiger partial charge on any atom is 0.347 e. The molecular formula is C26H20O5. The Morgan fingerprint density at radius 1 is 0.548 bits per heavy atom. The molecule has 5 nitrogen and oxygen atoms in total. The highest BCUT2D eigenvalue weighted by Crippen LogP contribution is 2.20. The monoisotopic (exact) mass is 412 g/mol. The van der Waals surface area contributed by atoms with Crippen molar-refractivity contribution in [3.05, 3.63) is 126 Å². The van der Waals surface area contributed by atoms with Crippen molar-refractivity contribution in [2.75, 3.05) is 0 Å². The molecule has 4 rings (SSSR count).